The number of phenols is 1. The van der Waals surface area contributed by atoms with Crippen LogP contribution in [0.1, 0.15) is 27.0 Å². The molecule has 0 aliphatic rings. The first-order valence-electron chi connectivity index (χ1n) is 7.27. The predicted octanol–water partition coefficient (Wildman–Crippen LogP) is 2.36. The zero-order valence-corrected chi connectivity index (χ0v) is 14.3. The molecule has 0 aliphatic carbocycles. The highest BCUT2D eigenvalue weighted by Crippen LogP contribution is 2.33. The van der Waals surface area contributed by atoms with Crippen LogP contribution in [0.15, 0.2) is 22.3 Å². The molecular formula is C17H17N3O3S. The number of carbonyl (C=O) groups is 1. The lowest BCUT2D eigenvalue weighted by Crippen LogP contribution is -2.27. The van der Waals surface area contributed by atoms with Crippen LogP contribution in [0.3, 0.4) is 0 Å². The number of aryl methyl sites for hydroxylation is 2. The van der Waals surface area contributed by atoms with Gasteiger partial charge in [-0.3, -0.25) is 14.2 Å². The molecule has 3 aromatic rings. The number of nitrogens with two attached hydrogens (primary N) is 2. The van der Waals surface area contributed by atoms with Crippen LogP contribution in [0.2, 0.25) is 0 Å². The molecule has 124 valence electrons. The number of rotatable bonds is 2. The summed E-state index contributed by atoms with van der Waals surface area (Å²) in [5.74, 6) is -0.660. The van der Waals surface area contributed by atoms with Crippen molar-refractivity contribution in [1.82, 2.24) is 4.57 Å². The SMILES string of the molecule is Cc1ccc(O)c(C)c1-n1c(N)c(C(N)=O)c2scc(C)c2c1=O. The van der Waals surface area contributed by atoms with Crippen LogP contribution in [0.4, 0.5) is 5.82 Å². The minimum Gasteiger partial charge on any atom is -0.508 e. The number of fused-ring (bicyclic) bond motifs is 1. The molecule has 1 amide bonds. The smallest absolute Gasteiger partial charge is 0.265 e. The minimum absolute atomic E-state index is 0.0151. The van der Waals surface area contributed by atoms with Crippen molar-refractivity contribution in [1.29, 1.82) is 0 Å². The third-order valence-electron chi connectivity index (χ3n) is 4.19. The van der Waals surface area contributed by atoms with E-state index in [9.17, 15) is 14.7 Å². The van der Waals surface area contributed by atoms with Crippen LogP contribution < -0.4 is 17.0 Å². The zero-order valence-electron chi connectivity index (χ0n) is 13.5. The van der Waals surface area contributed by atoms with Gasteiger partial charge in [0.15, 0.2) is 0 Å². The Hall–Kier alpha value is -2.80. The number of pyridine rings is 1. The summed E-state index contributed by atoms with van der Waals surface area (Å²) in [6.07, 6.45) is 0. The standard InChI is InChI=1S/C17H17N3O3S/c1-7-4-5-10(21)9(3)13(7)20-15(18)12(16(19)22)14-11(17(20)23)8(2)6-24-14/h4-6,21H,18H2,1-3H3,(H2,19,22). The molecule has 0 saturated carbocycles. The van der Waals surface area contributed by atoms with Crippen LogP contribution in [-0.2, 0) is 0 Å². The predicted molar refractivity (Wildman–Crippen MR) is 96.2 cm³/mol. The van der Waals surface area contributed by atoms with Gasteiger partial charge >= 0.3 is 0 Å². The fourth-order valence-electron chi connectivity index (χ4n) is 2.97. The average molecular weight is 343 g/mol. The van der Waals surface area contributed by atoms with Crippen LogP contribution >= 0.6 is 11.3 Å². The van der Waals surface area contributed by atoms with Gasteiger partial charge in [-0.1, -0.05) is 6.07 Å². The maximum absolute atomic E-state index is 13.1. The monoisotopic (exact) mass is 343 g/mol. The van der Waals surface area contributed by atoms with Crippen LogP contribution in [0, 0.1) is 20.8 Å². The molecule has 0 fully saturated rings. The van der Waals surface area contributed by atoms with Crippen molar-refractivity contribution >= 4 is 33.1 Å². The molecule has 3 rings (SSSR count). The number of thiophene rings is 1. The van der Waals surface area contributed by atoms with Gasteiger partial charge in [-0.2, -0.15) is 0 Å². The van der Waals surface area contributed by atoms with E-state index in [0.717, 1.165) is 11.1 Å². The number of benzene rings is 1. The van der Waals surface area contributed by atoms with Crippen LogP contribution in [0.25, 0.3) is 15.8 Å². The number of hydrogen-bond acceptors (Lipinski definition) is 5. The van der Waals surface area contributed by atoms with Crippen LogP contribution in [0.5, 0.6) is 5.75 Å². The van der Waals surface area contributed by atoms with E-state index in [1.807, 2.05) is 6.92 Å². The van der Waals surface area contributed by atoms with Gasteiger partial charge < -0.3 is 16.6 Å². The first kappa shape index (κ1) is 16.1. The molecule has 7 heteroatoms. The van der Waals surface area contributed by atoms with Gasteiger partial charge in [0.1, 0.15) is 11.6 Å². The normalized spacial score (nSPS) is 11.1. The Morgan fingerprint density at radius 2 is 1.88 bits per heavy atom. The van der Waals surface area contributed by atoms with E-state index in [-0.39, 0.29) is 22.7 Å². The van der Waals surface area contributed by atoms with Crippen molar-refractivity contribution in [2.75, 3.05) is 5.73 Å². The molecule has 2 heterocycles. The first-order chi connectivity index (χ1) is 11.3. The molecule has 0 spiro atoms. The van der Waals surface area contributed by atoms with Crippen molar-refractivity contribution in [3.05, 3.63) is 50.1 Å². The van der Waals surface area contributed by atoms with Gasteiger partial charge in [0.2, 0.25) is 0 Å². The second kappa shape index (κ2) is 5.38. The highest BCUT2D eigenvalue weighted by molar-refractivity contribution is 7.17. The molecule has 5 N–H and O–H groups in total. The second-order valence-corrected chi connectivity index (χ2v) is 6.64. The fraction of sp³-hybridized carbons (Fsp3) is 0.176. The molecule has 6 nitrogen and oxygen atoms in total. The molecule has 1 aromatic carbocycles. The number of primary amides is 1. The topological polar surface area (TPSA) is 111 Å². The van der Waals surface area contributed by atoms with Gasteiger partial charge in [0, 0.05) is 5.56 Å². The van der Waals surface area contributed by atoms with Crippen molar-refractivity contribution in [2.45, 2.75) is 20.8 Å². The molecule has 0 atom stereocenters. The highest BCUT2D eigenvalue weighted by atomic mass is 32.1. The van der Waals surface area contributed by atoms with Crippen LogP contribution in [-0.4, -0.2) is 15.6 Å². The lowest BCUT2D eigenvalue weighted by atomic mass is 10.1. The number of phenolic OH excluding ortho intramolecular Hbond substituents is 1. The summed E-state index contributed by atoms with van der Waals surface area (Å²) in [5.41, 5.74) is 14.0. The van der Waals surface area contributed by atoms with Gasteiger partial charge in [-0.05, 0) is 43.3 Å². The number of hydrogen-bond donors (Lipinski definition) is 3. The van der Waals surface area contributed by atoms with E-state index in [0.29, 0.717) is 21.3 Å². The Labute approximate surface area is 141 Å². The zero-order chi connectivity index (χ0) is 17.8. The molecule has 0 unspecified atom stereocenters. The average Bonchev–Trinajstić information content (AvgIpc) is 2.88. The van der Waals surface area contributed by atoms with Gasteiger partial charge in [0.05, 0.1) is 21.3 Å². The number of aromatic hydroxyl groups is 1. The maximum Gasteiger partial charge on any atom is 0.265 e. The van der Waals surface area contributed by atoms with Crippen molar-refractivity contribution < 1.29 is 9.90 Å². The van der Waals surface area contributed by atoms with Crippen molar-refractivity contribution in [3.63, 3.8) is 0 Å². The summed E-state index contributed by atoms with van der Waals surface area (Å²) in [4.78, 5) is 25.0. The minimum atomic E-state index is -0.691. The number of nitrogen functional groups attached to an aromatic ring is 1. The first-order valence-corrected chi connectivity index (χ1v) is 8.15. The largest absolute Gasteiger partial charge is 0.508 e. The molecular weight excluding hydrogens is 326 g/mol. The van der Waals surface area contributed by atoms with E-state index >= 15 is 0 Å². The Bertz CT molecular complexity index is 1060. The molecule has 2 aromatic heterocycles. The molecule has 0 saturated heterocycles. The Morgan fingerprint density at radius 3 is 2.50 bits per heavy atom. The molecule has 0 radical (unpaired) electrons. The number of nitrogens with zero attached hydrogens (tertiary/aromatic N) is 1. The third-order valence-corrected chi connectivity index (χ3v) is 5.31. The fourth-order valence-corrected chi connectivity index (χ4v) is 4.07. The summed E-state index contributed by atoms with van der Waals surface area (Å²) in [6.45, 7) is 5.30. The summed E-state index contributed by atoms with van der Waals surface area (Å²) in [7, 11) is 0. The lowest BCUT2D eigenvalue weighted by molar-refractivity contribution is 0.100. The van der Waals surface area contributed by atoms with Crippen molar-refractivity contribution in [2.24, 2.45) is 5.73 Å². The molecule has 0 bridgehead atoms. The maximum atomic E-state index is 13.1. The highest BCUT2D eigenvalue weighted by Gasteiger charge is 2.23. The molecule has 0 aliphatic heterocycles. The quantitative estimate of drug-likeness (QED) is 0.663. The lowest BCUT2D eigenvalue weighted by Gasteiger charge is -2.18. The summed E-state index contributed by atoms with van der Waals surface area (Å²) >= 11 is 1.27. The van der Waals surface area contributed by atoms with E-state index in [1.165, 1.54) is 15.9 Å². The van der Waals surface area contributed by atoms with Gasteiger partial charge in [-0.25, -0.2) is 0 Å². The number of anilines is 1. The Kier molecular flexibility index (Phi) is 3.60. The van der Waals surface area contributed by atoms with Gasteiger partial charge in [-0.15, -0.1) is 11.3 Å². The third kappa shape index (κ3) is 2.09. The van der Waals surface area contributed by atoms with E-state index in [2.05, 4.69) is 0 Å². The van der Waals surface area contributed by atoms with Gasteiger partial charge in [0.25, 0.3) is 11.5 Å². The second-order valence-electron chi connectivity index (χ2n) is 5.76. The molecule has 24 heavy (non-hydrogen) atoms. The summed E-state index contributed by atoms with van der Waals surface area (Å²) in [6, 6.07) is 3.25. The van der Waals surface area contributed by atoms with E-state index in [4.69, 9.17) is 11.5 Å². The number of amides is 1. The van der Waals surface area contributed by atoms with E-state index in [1.54, 1.807) is 31.4 Å². The Morgan fingerprint density at radius 1 is 1.21 bits per heavy atom. The summed E-state index contributed by atoms with van der Waals surface area (Å²) in [5, 5.41) is 12.2. The van der Waals surface area contributed by atoms with E-state index < -0.39 is 5.91 Å². The number of carbonyl (C=O) groups excluding carboxylic acids is 1. The van der Waals surface area contributed by atoms with Crippen molar-refractivity contribution in [3.8, 4) is 11.4 Å². The summed E-state index contributed by atoms with van der Waals surface area (Å²) < 4.78 is 1.77. The number of aromatic nitrogens is 1. The Balaban J connectivity index is 2.60.